The number of ether oxygens (including phenoxy) is 2. The molecule has 0 aliphatic heterocycles. The van der Waals surface area contributed by atoms with Crippen LogP contribution in [0.5, 0.6) is 23.0 Å². The number of aromatic hydroxyl groups is 2. The third-order valence-corrected chi connectivity index (χ3v) is 4.61. The van der Waals surface area contributed by atoms with Gasteiger partial charge in [0.25, 0.3) is 0 Å². The maximum absolute atomic E-state index is 10.7. The molecule has 0 radical (unpaired) electrons. The Morgan fingerprint density at radius 3 is 1.15 bits per heavy atom. The van der Waals surface area contributed by atoms with Gasteiger partial charge in [-0.2, -0.15) is 0 Å². The van der Waals surface area contributed by atoms with Gasteiger partial charge in [-0.1, -0.05) is 41.5 Å². The first-order valence-electron chi connectivity index (χ1n) is 8.73. The van der Waals surface area contributed by atoms with Crippen LogP contribution in [0.2, 0.25) is 0 Å². The van der Waals surface area contributed by atoms with E-state index in [1.165, 1.54) is 14.2 Å². The highest BCUT2D eigenvalue weighted by molar-refractivity contribution is 5.81. The Morgan fingerprint density at radius 1 is 0.615 bits per heavy atom. The summed E-state index contributed by atoms with van der Waals surface area (Å²) >= 11 is 0. The normalized spacial score (nSPS) is 12.2. The molecular formula is C22H30O4. The summed E-state index contributed by atoms with van der Waals surface area (Å²) in [6.07, 6.45) is 0. The van der Waals surface area contributed by atoms with Crippen molar-refractivity contribution in [2.24, 2.45) is 0 Å². The molecule has 0 unspecified atom stereocenters. The van der Waals surface area contributed by atoms with Crippen LogP contribution < -0.4 is 9.47 Å². The summed E-state index contributed by atoms with van der Waals surface area (Å²) < 4.78 is 10.7. The molecule has 2 aromatic rings. The van der Waals surface area contributed by atoms with E-state index in [1.54, 1.807) is 0 Å². The Bertz CT molecular complexity index is 739. The average molecular weight is 358 g/mol. The van der Waals surface area contributed by atoms with Gasteiger partial charge in [0.15, 0.2) is 23.0 Å². The second-order valence-corrected chi connectivity index (χ2v) is 8.65. The van der Waals surface area contributed by atoms with Crippen molar-refractivity contribution in [1.82, 2.24) is 0 Å². The number of methoxy groups -OCH3 is 2. The third kappa shape index (κ3) is 3.74. The highest BCUT2D eigenvalue weighted by Gasteiger charge is 2.25. The van der Waals surface area contributed by atoms with Crippen LogP contribution in [0.25, 0.3) is 11.1 Å². The van der Waals surface area contributed by atoms with Gasteiger partial charge in [-0.25, -0.2) is 0 Å². The zero-order chi connectivity index (χ0) is 19.9. The smallest absolute Gasteiger partial charge is 0.165 e. The second kappa shape index (κ2) is 6.75. The maximum atomic E-state index is 10.7. The van der Waals surface area contributed by atoms with Crippen molar-refractivity contribution < 1.29 is 19.7 Å². The Labute approximate surface area is 156 Å². The first-order chi connectivity index (χ1) is 11.9. The Balaban J connectivity index is 2.86. The van der Waals surface area contributed by atoms with E-state index in [0.29, 0.717) is 22.6 Å². The molecule has 0 saturated carbocycles. The fraction of sp³-hybridized carbons (Fsp3) is 0.455. The average Bonchev–Trinajstić information content (AvgIpc) is 2.53. The van der Waals surface area contributed by atoms with Crippen molar-refractivity contribution in [2.45, 2.75) is 52.4 Å². The summed E-state index contributed by atoms with van der Waals surface area (Å²) in [5.41, 5.74) is 2.77. The summed E-state index contributed by atoms with van der Waals surface area (Å²) in [7, 11) is 3.05. The third-order valence-electron chi connectivity index (χ3n) is 4.61. The minimum atomic E-state index is -0.142. The lowest BCUT2D eigenvalue weighted by Gasteiger charge is -2.24. The van der Waals surface area contributed by atoms with Crippen LogP contribution in [-0.4, -0.2) is 24.4 Å². The van der Waals surface area contributed by atoms with Gasteiger partial charge in [-0.05, 0) is 46.2 Å². The van der Waals surface area contributed by atoms with Gasteiger partial charge in [0, 0.05) is 11.1 Å². The Morgan fingerprint density at radius 2 is 0.923 bits per heavy atom. The summed E-state index contributed by atoms with van der Waals surface area (Å²) in [5, 5.41) is 21.5. The van der Waals surface area contributed by atoms with Gasteiger partial charge in [-0.3, -0.25) is 0 Å². The Kier molecular flexibility index (Phi) is 5.18. The molecule has 0 aromatic heterocycles. The van der Waals surface area contributed by atoms with Gasteiger partial charge in [0.05, 0.1) is 14.2 Å². The summed E-state index contributed by atoms with van der Waals surface area (Å²) in [4.78, 5) is 0. The van der Waals surface area contributed by atoms with Gasteiger partial charge in [-0.15, -0.1) is 0 Å². The SMILES string of the molecule is COc1cc(C(C)(C)C)cc(-c2cc(C(C)(C)C)cc(OC)c2O)c1O. The number of benzene rings is 2. The standard InChI is InChI=1S/C22H30O4/c1-21(2,3)13-9-15(19(23)17(11-13)25-7)16-10-14(22(4,5)6)12-18(26-8)20(16)24/h9-12,23-24H,1-8H3. The molecule has 0 bridgehead atoms. The van der Waals surface area contributed by atoms with Crippen LogP contribution in [0.4, 0.5) is 0 Å². The van der Waals surface area contributed by atoms with Gasteiger partial charge < -0.3 is 19.7 Å². The molecule has 4 heteroatoms. The zero-order valence-electron chi connectivity index (χ0n) is 17.0. The predicted octanol–water partition coefficient (Wildman–Crippen LogP) is 5.38. The molecule has 2 aromatic carbocycles. The van der Waals surface area contributed by atoms with Crippen LogP contribution >= 0.6 is 0 Å². The first kappa shape index (κ1) is 20.0. The van der Waals surface area contributed by atoms with Crippen LogP contribution in [0, 0.1) is 0 Å². The van der Waals surface area contributed by atoms with Gasteiger partial charge in [0.2, 0.25) is 0 Å². The van der Waals surface area contributed by atoms with E-state index in [-0.39, 0.29) is 22.3 Å². The number of rotatable bonds is 3. The molecule has 142 valence electrons. The molecule has 0 atom stereocenters. The van der Waals surface area contributed by atoms with Crippen LogP contribution in [-0.2, 0) is 10.8 Å². The van der Waals surface area contributed by atoms with Crippen molar-refractivity contribution in [3.63, 3.8) is 0 Å². The minimum Gasteiger partial charge on any atom is -0.504 e. The second-order valence-electron chi connectivity index (χ2n) is 8.65. The highest BCUT2D eigenvalue weighted by atomic mass is 16.5. The molecule has 2 rings (SSSR count). The van der Waals surface area contributed by atoms with Crippen LogP contribution in [0.1, 0.15) is 52.7 Å². The molecule has 0 saturated heterocycles. The lowest BCUT2D eigenvalue weighted by Crippen LogP contribution is -2.12. The number of phenols is 2. The lowest BCUT2D eigenvalue weighted by molar-refractivity contribution is 0.369. The van der Waals surface area contributed by atoms with Crippen molar-refractivity contribution in [3.05, 3.63) is 35.4 Å². The molecule has 2 N–H and O–H groups in total. The van der Waals surface area contributed by atoms with Crippen molar-refractivity contribution >= 4 is 0 Å². The van der Waals surface area contributed by atoms with Crippen LogP contribution in [0.3, 0.4) is 0 Å². The maximum Gasteiger partial charge on any atom is 0.165 e. The molecule has 0 heterocycles. The van der Waals surface area contributed by atoms with Crippen molar-refractivity contribution in [3.8, 4) is 34.1 Å². The molecule has 26 heavy (non-hydrogen) atoms. The van der Waals surface area contributed by atoms with Gasteiger partial charge in [0.1, 0.15) is 0 Å². The molecule has 0 spiro atoms. The summed E-state index contributed by atoms with van der Waals surface area (Å²) in [5.74, 6) is 0.770. The first-order valence-corrected chi connectivity index (χ1v) is 8.73. The van der Waals surface area contributed by atoms with E-state index >= 15 is 0 Å². The van der Waals surface area contributed by atoms with E-state index in [2.05, 4.69) is 41.5 Å². The zero-order valence-corrected chi connectivity index (χ0v) is 17.0. The molecule has 0 aliphatic rings. The summed E-state index contributed by atoms with van der Waals surface area (Å²) in [6.45, 7) is 12.6. The highest BCUT2D eigenvalue weighted by Crippen LogP contribution is 2.47. The van der Waals surface area contributed by atoms with E-state index in [0.717, 1.165) is 11.1 Å². The van der Waals surface area contributed by atoms with Crippen molar-refractivity contribution in [1.29, 1.82) is 0 Å². The fourth-order valence-electron chi connectivity index (χ4n) is 2.80. The number of hydrogen-bond donors (Lipinski definition) is 2. The molecular weight excluding hydrogens is 328 g/mol. The summed E-state index contributed by atoms with van der Waals surface area (Å²) in [6, 6.07) is 7.47. The number of phenolic OH excluding ortho intramolecular Hbond substituents is 2. The molecule has 0 fully saturated rings. The van der Waals surface area contributed by atoms with Crippen LogP contribution in [0.15, 0.2) is 24.3 Å². The molecule has 4 nitrogen and oxygen atoms in total. The molecule has 0 amide bonds. The fourth-order valence-corrected chi connectivity index (χ4v) is 2.80. The number of hydrogen-bond acceptors (Lipinski definition) is 4. The van der Waals surface area contributed by atoms with E-state index in [9.17, 15) is 10.2 Å². The topological polar surface area (TPSA) is 58.9 Å². The Hall–Kier alpha value is -2.36. The van der Waals surface area contributed by atoms with E-state index < -0.39 is 0 Å². The quantitative estimate of drug-likeness (QED) is 0.774. The van der Waals surface area contributed by atoms with E-state index in [4.69, 9.17) is 9.47 Å². The minimum absolute atomic E-state index is 0.00362. The van der Waals surface area contributed by atoms with Crippen molar-refractivity contribution in [2.75, 3.05) is 14.2 Å². The van der Waals surface area contributed by atoms with E-state index in [1.807, 2.05) is 24.3 Å². The predicted molar refractivity (Wildman–Crippen MR) is 106 cm³/mol. The lowest BCUT2D eigenvalue weighted by atomic mass is 9.82. The largest absolute Gasteiger partial charge is 0.504 e. The van der Waals surface area contributed by atoms with Gasteiger partial charge >= 0.3 is 0 Å². The monoisotopic (exact) mass is 358 g/mol. The molecule has 0 aliphatic carbocycles.